The first kappa shape index (κ1) is 42.9. The number of halogens is 11. The second-order valence-electron chi connectivity index (χ2n) is 16.4. The second-order valence-corrected chi connectivity index (χ2v) is 18.6. The van der Waals surface area contributed by atoms with Crippen molar-refractivity contribution in [3.05, 3.63) is 0 Å². The maximum atomic E-state index is 15.9. The van der Waals surface area contributed by atoms with Crippen LogP contribution >= 0.6 is 34.8 Å². The molecule has 1 heterocycles. The summed E-state index contributed by atoms with van der Waals surface area (Å²) in [7, 11) is 0. The summed E-state index contributed by atoms with van der Waals surface area (Å²) in [5, 5.41) is 0. The van der Waals surface area contributed by atoms with Gasteiger partial charge in [-0.05, 0) is 113 Å². The van der Waals surface area contributed by atoms with E-state index in [1.165, 1.54) is 6.92 Å². The van der Waals surface area contributed by atoms with Crippen LogP contribution in [0.4, 0.5) is 35.1 Å². The van der Waals surface area contributed by atoms with Gasteiger partial charge in [0.25, 0.3) is 0 Å². The molecule has 50 heavy (non-hydrogen) atoms. The minimum Gasteiger partial charge on any atom is -0.353 e. The van der Waals surface area contributed by atoms with Crippen molar-refractivity contribution in [2.45, 2.75) is 177 Å². The largest absolute Gasteiger partial charge is 0.456 e. The highest BCUT2D eigenvalue weighted by Crippen LogP contribution is 2.77. The molecule has 4 nitrogen and oxygen atoms in total. The first-order valence-corrected chi connectivity index (χ1v) is 19.1. The van der Waals surface area contributed by atoms with E-state index in [9.17, 15) is 13.2 Å². The number of alkyl halides is 11. The number of hydrogen-bond acceptors (Lipinski definition) is 4. The maximum Gasteiger partial charge on any atom is 0.456 e. The van der Waals surface area contributed by atoms with Crippen molar-refractivity contribution in [2.75, 3.05) is 13.2 Å². The number of rotatable bonds is 14. The second kappa shape index (κ2) is 14.3. The van der Waals surface area contributed by atoms with Crippen LogP contribution in [-0.4, -0.2) is 59.1 Å². The van der Waals surface area contributed by atoms with Gasteiger partial charge in [-0.1, -0.05) is 75.8 Å². The van der Waals surface area contributed by atoms with Gasteiger partial charge in [-0.15, -0.1) is 0 Å². The highest BCUT2D eigenvalue weighted by Gasteiger charge is 2.82. The predicted molar refractivity (Wildman–Crippen MR) is 176 cm³/mol. The van der Waals surface area contributed by atoms with E-state index in [1.807, 2.05) is 13.8 Å². The molecular formula is C35H53Cl3F8O4. The summed E-state index contributed by atoms with van der Waals surface area (Å²) >= 11 is 19.0. The Morgan fingerprint density at radius 2 is 1.40 bits per heavy atom. The molecule has 4 rings (SSSR count). The van der Waals surface area contributed by atoms with Gasteiger partial charge in [0.2, 0.25) is 9.39 Å². The van der Waals surface area contributed by atoms with Crippen molar-refractivity contribution in [3.8, 4) is 0 Å². The van der Waals surface area contributed by atoms with Gasteiger partial charge in [0.1, 0.15) is 5.60 Å². The lowest BCUT2D eigenvalue weighted by Crippen LogP contribution is -2.67. The van der Waals surface area contributed by atoms with Crippen molar-refractivity contribution >= 4 is 34.8 Å². The van der Waals surface area contributed by atoms with Crippen molar-refractivity contribution in [2.24, 2.45) is 27.6 Å². The van der Waals surface area contributed by atoms with Gasteiger partial charge in [-0.25, -0.2) is 0 Å². The lowest BCUT2D eigenvalue weighted by Gasteiger charge is -2.54. The van der Waals surface area contributed by atoms with Crippen LogP contribution in [0.2, 0.25) is 0 Å². The third-order valence-electron chi connectivity index (χ3n) is 13.2. The summed E-state index contributed by atoms with van der Waals surface area (Å²) < 4.78 is 141. The van der Waals surface area contributed by atoms with Crippen molar-refractivity contribution in [1.82, 2.24) is 0 Å². The van der Waals surface area contributed by atoms with Crippen LogP contribution in [-0.2, 0) is 18.9 Å². The van der Waals surface area contributed by atoms with Gasteiger partial charge in [-0.3, -0.25) is 0 Å². The van der Waals surface area contributed by atoms with E-state index >= 15 is 22.0 Å². The van der Waals surface area contributed by atoms with E-state index in [2.05, 4.69) is 0 Å². The van der Waals surface area contributed by atoms with Gasteiger partial charge < -0.3 is 18.9 Å². The molecule has 0 radical (unpaired) electrons. The molecule has 0 amide bonds. The lowest BCUT2D eigenvalue weighted by molar-refractivity contribution is -0.383. The van der Waals surface area contributed by atoms with Crippen LogP contribution < -0.4 is 0 Å². The standard InChI is InChI=1S/C35H53Cl3F8O4/c1-7-19-47-23(3)49-30(32(39,40)35(44,45)46)14-11-12-24(30)27(6,8-2)21-26(4,5)28-15-17-29(22-28,18-16-28)31(33(36,37)38,34(41,42)43)50-25-13-9-10-20-48-25/h23-25H,7-22H2,1-6H3. The fourth-order valence-electron chi connectivity index (χ4n) is 10.6. The van der Waals surface area contributed by atoms with E-state index in [1.54, 1.807) is 20.8 Å². The van der Waals surface area contributed by atoms with Gasteiger partial charge in [0.05, 0.1) is 0 Å². The van der Waals surface area contributed by atoms with Crippen LogP contribution in [0.1, 0.15) is 131 Å². The van der Waals surface area contributed by atoms with E-state index in [-0.39, 0.29) is 64.6 Å². The van der Waals surface area contributed by atoms with Crippen molar-refractivity contribution in [1.29, 1.82) is 0 Å². The van der Waals surface area contributed by atoms with Gasteiger partial charge in [0, 0.05) is 18.6 Å². The average molecular weight is 796 g/mol. The van der Waals surface area contributed by atoms with Gasteiger partial charge in [-0.2, -0.15) is 35.1 Å². The number of fused-ring (bicyclic) bond motifs is 2. The van der Waals surface area contributed by atoms with E-state index in [4.69, 9.17) is 53.8 Å². The molecule has 0 N–H and O–H groups in total. The van der Waals surface area contributed by atoms with Gasteiger partial charge >= 0.3 is 18.3 Å². The third kappa shape index (κ3) is 6.94. The Balaban J connectivity index is 1.74. The molecule has 15 heteroatoms. The zero-order valence-electron chi connectivity index (χ0n) is 29.8. The Hall–Kier alpha value is 0.150. The average Bonchev–Trinajstić information content (AvgIpc) is 3.72. The number of hydrogen-bond donors (Lipinski definition) is 0. The molecule has 2 bridgehead atoms. The lowest BCUT2D eigenvalue weighted by atomic mass is 9.53. The molecule has 3 aliphatic carbocycles. The zero-order chi connectivity index (χ0) is 37.9. The quantitative estimate of drug-likeness (QED) is 0.0997. The summed E-state index contributed by atoms with van der Waals surface area (Å²) in [4.78, 5) is 0. The highest BCUT2D eigenvalue weighted by atomic mass is 35.6. The predicted octanol–water partition coefficient (Wildman–Crippen LogP) is 12.5. The molecular weight excluding hydrogens is 743 g/mol. The zero-order valence-corrected chi connectivity index (χ0v) is 32.1. The van der Waals surface area contributed by atoms with Crippen LogP contribution in [0.5, 0.6) is 0 Å². The SMILES string of the molecule is CCCOC(C)OC1(C(F)(F)C(F)(F)F)CCCC1C(C)(CC)CC(C)(C)C12CCC(C(OC3CCCCO3)(C(F)(F)F)C(Cl)(Cl)Cl)(CC1)C2. The fraction of sp³-hybridized carbons (Fsp3) is 1.00. The van der Waals surface area contributed by atoms with Crippen molar-refractivity contribution < 1.29 is 54.1 Å². The molecule has 4 aliphatic rings. The van der Waals surface area contributed by atoms with E-state index in [0.717, 1.165) is 0 Å². The Morgan fingerprint density at radius 3 is 1.88 bits per heavy atom. The first-order valence-electron chi connectivity index (χ1n) is 17.9. The minimum absolute atomic E-state index is 0.0221. The highest BCUT2D eigenvalue weighted by molar-refractivity contribution is 6.68. The molecule has 0 aromatic rings. The Bertz CT molecular complexity index is 1150. The topological polar surface area (TPSA) is 36.9 Å². The van der Waals surface area contributed by atoms with Crippen LogP contribution in [0.3, 0.4) is 0 Å². The van der Waals surface area contributed by atoms with Crippen LogP contribution in [0.15, 0.2) is 0 Å². The van der Waals surface area contributed by atoms with E-state index in [0.29, 0.717) is 32.1 Å². The molecule has 0 aromatic heterocycles. The molecule has 0 aromatic carbocycles. The minimum atomic E-state index is -5.89. The first-order chi connectivity index (χ1) is 22.8. The molecule has 294 valence electrons. The molecule has 4 fully saturated rings. The van der Waals surface area contributed by atoms with E-state index < -0.39 is 79.8 Å². The summed E-state index contributed by atoms with van der Waals surface area (Å²) in [5.41, 5.74) is -10.5. The number of ether oxygens (including phenoxy) is 4. The summed E-state index contributed by atoms with van der Waals surface area (Å²) in [6.07, 6.45) is -11.0. The third-order valence-corrected chi connectivity index (χ3v) is 14.0. The molecule has 6 atom stereocenters. The molecule has 3 saturated carbocycles. The Kier molecular flexibility index (Phi) is 12.3. The molecule has 1 aliphatic heterocycles. The monoisotopic (exact) mass is 794 g/mol. The Labute approximate surface area is 306 Å². The van der Waals surface area contributed by atoms with Crippen LogP contribution in [0, 0.1) is 27.6 Å². The van der Waals surface area contributed by atoms with Gasteiger partial charge in [0.15, 0.2) is 12.6 Å². The normalized spacial score (nSPS) is 34.5. The summed E-state index contributed by atoms with van der Waals surface area (Å²) in [6, 6.07) is 0. The molecule has 0 spiro atoms. The fourth-order valence-corrected chi connectivity index (χ4v) is 11.7. The summed E-state index contributed by atoms with van der Waals surface area (Å²) in [6.45, 7) is 10.7. The van der Waals surface area contributed by atoms with Crippen molar-refractivity contribution in [3.63, 3.8) is 0 Å². The smallest absolute Gasteiger partial charge is 0.353 e. The maximum absolute atomic E-state index is 15.9. The molecule has 6 unspecified atom stereocenters. The van der Waals surface area contributed by atoms with Crippen LogP contribution in [0.25, 0.3) is 0 Å². The Morgan fingerprint density at radius 1 is 0.800 bits per heavy atom. The molecule has 1 saturated heterocycles. The summed E-state index contributed by atoms with van der Waals surface area (Å²) in [5.74, 6) is -6.44.